The fraction of sp³-hybridized carbons (Fsp3) is 0.667. The second-order valence-corrected chi connectivity index (χ2v) is 9.31. The number of amides is 1. The molecule has 2 aromatic rings. The first-order chi connectivity index (χ1) is 13.8. The highest BCUT2D eigenvalue weighted by molar-refractivity contribution is 5.76. The van der Waals surface area contributed by atoms with Crippen LogP contribution in [0.5, 0.6) is 0 Å². The second kappa shape index (κ2) is 7.39. The predicted octanol–water partition coefficient (Wildman–Crippen LogP) is 2.72. The van der Waals surface area contributed by atoms with Gasteiger partial charge in [-0.2, -0.15) is 5.10 Å². The highest BCUT2D eigenvalue weighted by Gasteiger charge is 2.46. The predicted molar refractivity (Wildman–Crippen MR) is 111 cm³/mol. The van der Waals surface area contributed by atoms with E-state index in [4.69, 9.17) is 9.97 Å². The van der Waals surface area contributed by atoms with E-state index < -0.39 is 0 Å². The number of anilines is 1. The smallest absolute Gasteiger partial charge is 0.222 e. The molecule has 0 aromatic carbocycles. The Bertz CT molecular complexity index is 887. The molecule has 3 heterocycles. The summed E-state index contributed by atoms with van der Waals surface area (Å²) >= 11 is 0. The minimum atomic E-state index is -0.158. The minimum absolute atomic E-state index is 0.0516. The first-order valence-corrected chi connectivity index (χ1v) is 10.6. The summed E-state index contributed by atoms with van der Waals surface area (Å²) in [5, 5.41) is 10.3. The van der Waals surface area contributed by atoms with Crippen LogP contribution in [0.25, 0.3) is 0 Å². The normalized spacial score (nSPS) is 21.4. The lowest BCUT2D eigenvalue weighted by Crippen LogP contribution is -2.48. The van der Waals surface area contributed by atoms with Crippen molar-refractivity contribution >= 4 is 11.7 Å². The molecule has 1 aliphatic carbocycles. The van der Waals surface area contributed by atoms with E-state index in [-0.39, 0.29) is 16.7 Å². The van der Waals surface area contributed by atoms with Crippen LogP contribution >= 0.6 is 0 Å². The van der Waals surface area contributed by atoms with Crippen molar-refractivity contribution in [1.82, 2.24) is 30.0 Å². The number of H-pyrrole nitrogens is 1. The monoisotopic (exact) mass is 397 g/mol. The molecule has 2 aliphatic rings. The molecular weight excluding hydrogens is 366 g/mol. The number of hydrogen-bond acceptors (Lipinski definition) is 6. The number of likely N-dealkylation sites (tertiary alicyclic amines) is 1. The number of aromatic amines is 1. The van der Waals surface area contributed by atoms with Crippen LogP contribution in [0.2, 0.25) is 0 Å². The van der Waals surface area contributed by atoms with Gasteiger partial charge in [0.2, 0.25) is 5.91 Å². The fourth-order valence-corrected chi connectivity index (χ4v) is 4.57. The maximum Gasteiger partial charge on any atom is 0.222 e. The Balaban J connectivity index is 1.72. The quantitative estimate of drug-likeness (QED) is 0.823. The molecule has 1 aliphatic heterocycles. The average Bonchev–Trinajstić information content (AvgIpc) is 3.34. The van der Waals surface area contributed by atoms with Crippen LogP contribution in [-0.4, -0.2) is 49.0 Å². The zero-order valence-corrected chi connectivity index (χ0v) is 17.9. The van der Waals surface area contributed by atoms with Gasteiger partial charge >= 0.3 is 0 Å². The molecule has 1 unspecified atom stereocenters. The first-order valence-electron chi connectivity index (χ1n) is 10.6. The summed E-state index contributed by atoms with van der Waals surface area (Å²) in [5.41, 5.74) is 2.13. The Labute approximate surface area is 171 Å². The van der Waals surface area contributed by atoms with Gasteiger partial charge in [0, 0.05) is 35.9 Å². The van der Waals surface area contributed by atoms with Gasteiger partial charge in [0.05, 0.1) is 12.2 Å². The lowest BCUT2D eigenvalue weighted by molar-refractivity contribution is -0.133. The number of hydrogen-bond donors (Lipinski definition) is 2. The third-order valence-electron chi connectivity index (χ3n) is 6.15. The van der Waals surface area contributed by atoms with Gasteiger partial charge in [0.25, 0.3) is 0 Å². The summed E-state index contributed by atoms with van der Waals surface area (Å²) in [4.78, 5) is 28.7. The van der Waals surface area contributed by atoms with Crippen LogP contribution in [0.1, 0.15) is 76.3 Å². The maximum absolute atomic E-state index is 12.4. The SMILES string of the molecule is CCC(=O)N1CCCC2(CCc3c(NCc4ncn[nH]4)nc(C(C)(C)C)nc32)C1. The van der Waals surface area contributed by atoms with Gasteiger partial charge in [0.15, 0.2) is 0 Å². The molecule has 1 saturated heterocycles. The Morgan fingerprint density at radius 3 is 2.83 bits per heavy atom. The van der Waals surface area contributed by atoms with E-state index in [1.807, 2.05) is 11.8 Å². The lowest BCUT2D eigenvalue weighted by atomic mass is 9.77. The third kappa shape index (κ3) is 3.72. The van der Waals surface area contributed by atoms with Crippen molar-refractivity contribution < 1.29 is 4.79 Å². The van der Waals surface area contributed by atoms with E-state index in [9.17, 15) is 4.79 Å². The number of aromatic nitrogens is 5. The van der Waals surface area contributed by atoms with E-state index in [1.54, 1.807) is 0 Å². The number of carbonyl (C=O) groups is 1. The molecular formula is C21H31N7O. The standard InChI is InChI=1S/C21H31N7O/c1-5-16(29)28-10-6-8-21(12-28)9-7-14-17(21)25-19(20(2,3)4)26-18(14)22-11-15-23-13-24-27-15/h13H,5-12H2,1-4H3,(H,22,25,26)(H,23,24,27). The molecule has 1 amide bonds. The second-order valence-electron chi connectivity index (χ2n) is 9.31. The van der Waals surface area contributed by atoms with Crippen molar-refractivity contribution in [1.29, 1.82) is 0 Å². The van der Waals surface area contributed by atoms with Gasteiger partial charge in [-0.3, -0.25) is 9.89 Å². The van der Waals surface area contributed by atoms with E-state index in [1.165, 1.54) is 11.9 Å². The molecule has 4 rings (SSSR count). The van der Waals surface area contributed by atoms with E-state index in [2.05, 4.69) is 41.3 Å². The Hall–Kier alpha value is -2.51. The van der Waals surface area contributed by atoms with Crippen LogP contribution in [0.15, 0.2) is 6.33 Å². The molecule has 0 bridgehead atoms. The summed E-state index contributed by atoms with van der Waals surface area (Å²) in [7, 11) is 0. The molecule has 156 valence electrons. The molecule has 8 heteroatoms. The fourth-order valence-electron chi connectivity index (χ4n) is 4.57. The Kier molecular flexibility index (Phi) is 5.04. The first kappa shape index (κ1) is 19.8. The van der Waals surface area contributed by atoms with Gasteiger partial charge in [0.1, 0.15) is 23.8 Å². The number of fused-ring (bicyclic) bond motifs is 2. The average molecular weight is 398 g/mol. The summed E-state index contributed by atoms with van der Waals surface area (Å²) in [5.74, 6) is 2.76. The molecule has 0 radical (unpaired) electrons. The molecule has 1 spiro atoms. The largest absolute Gasteiger partial charge is 0.362 e. The molecule has 1 atom stereocenters. The zero-order valence-electron chi connectivity index (χ0n) is 17.9. The Morgan fingerprint density at radius 1 is 1.31 bits per heavy atom. The van der Waals surface area contributed by atoms with Gasteiger partial charge < -0.3 is 10.2 Å². The highest BCUT2D eigenvalue weighted by atomic mass is 16.2. The van der Waals surface area contributed by atoms with E-state index in [0.717, 1.165) is 61.9 Å². The van der Waals surface area contributed by atoms with Gasteiger partial charge in [-0.05, 0) is 25.7 Å². The topological polar surface area (TPSA) is 99.7 Å². The van der Waals surface area contributed by atoms with Crippen LogP contribution in [0.4, 0.5) is 5.82 Å². The summed E-state index contributed by atoms with van der Waals surface area (Å²) < 4.78 is 0. The number of carbonyl (C=O) groups excluding carboxylic acids is 1. The van der Waals surface area contributed by atoms with Crippen LogP contribution in [0.3, 0.4) is 0 Å². The number of nitrogens with zero attached hydrogens (tertiary/aromatic N) is 5. The number of rotatable bonds is 4. The van der Waals surface area contributed by atoms with Gasteiger partial charge in [-0.15, -0.1) is 0 Å². The number of nitrogens with one attached hydrogen (secondary N) is 2. The summed E-state index contributed by atoms with van der Waals surface area (Å²) in [6.07, 6.45) is 6.14. The van der Waals surface area contributed by atoms with Crippen molar-refractivity contribution in [2.24, 2.45) is 0 Å². The summed E-state index contributed by atoms with van der Waals surface area (Å²) in [6.45, 7) is 10.5. The lowest BCUT2D eigenvalue weighted by Gasteiger charge is -2.40. The van der Waals surface area contributed by atoms with Crippen molar-refractivity contribution in [3.8, 4) is 0 Å². The highest BCUT2D eigenvalue weighted by Crippen LogP contribution is 2.46. The van der Waals surface area contributed by atoms with Gasteiger partial charge in [-0.1, -0.05) is 27.7 Å². The molecule has 2 N–H and O–H groups in total. The molecule has 29 heavy (non-hydrogen) atoms. The summed E-state index contributed by atoms with van der Waals surface area (Å²) in [6, 6.07) is 0. The molecule has 2 aromatic heterocycles. The molecule has 1 fully saturated rings. The minimum Gasteiger partial charge on any atom is -0.362 e. The van der Waals surface area contributed by atoms with Crippen LogP contribution < -0.4 is 5.32 Å². The van der Waals surface area contributed by atoms with Crippen molar-refractivity contribution in [2.45, 2.75) is 77.2 Å². The van der Waals surface area contributed by atoms with E-state index in [0.29, 0.717) is 13.0 Å². The maximum atomic E-state index is 12.4. The third-order valence-corrected chi connectivity index (χ3v) is 6.15. The van der Waals surface area contributed by atoms with Crippen LogP contribution in [0, 0.1) is 0 Å². The van der Waals surface area contributed by atoms with E-state index >= 15 is 0 Å². The van der Waals surface area contributed by atoms with Crippen molar-refractivity contribution in [3.05, 3.63) is 29.2 Å². The van der Waals surface area contributed by atoms with Crippen LogP contribution in [-0.2, 0) is 28.6 Å². The zero-order chi connectivity index (χ0) is 20.6. The Morgan fingerprint density at radius 2 is 2.14 bits per heavy atom. The molecule has 0 saturated carbocycles. The van der Waals surface area contributed by atoms with Crippen molar-refractivity contribution in [2.75, 3.05) is 18.4 Å². The molecule has 8 nitrogen and oxygen atoms in total. The van der Waals surface area contributed by atoms with Crippen molar-refractivity contribution in [3.63, 3.8) is 0 Å². The number of piperidine rings is 1. The van der Waals surface area contributed by atoms with Gasteiger partial charge in [-0.25, -0.2) is 15.0 Å².